The Labute approximate surface area is 163 Å². The van der Waals surface area contributed by atoms with Crippen LogP contribution < -0.4 is 0 Å². The Hall–Kier alpha value is -2.89. The molecule has 0 unspecified atom stereocenters. The van der Waals surface area contributed by atoms with E-state index >= 15 is 0 Å². The highest BCUT2D eigenvalue weighted by atomic mass is 16.5. The molecular formula is C22H24O6. The van der Waals surface area contributed by atoms with E-state index in [1.54, 1.807) is 13.8 Å². The van der Waals surface area contributed by atoms with Crippen molar-refractivity contribution in [3.63, 3.8) is 0 Å². The number of ketones is 2. The lowest BCUT2D eigenvalue weighted by Gasteiger charge is -2.38. The first-order chi connectivity index (χ1) is 13.3. The largest absolute Gasteiger partial charge is 0.489 e. The fourth-order valence-corrected chi connectivity index (χ4v) is 4.41. The van der Waals surface area contributed by atoms with Gasteiger partial charge in [-0.2, -0.15) is 0 Å². The molecule has 2 aliphatic carbocycles. The van der Waals surface area contributed by atoms with Crippen LogP contribution in [0.15, 0.2) is 46.9 Å². The van der Waals surface area contributed by atoms with E-state index in [1.807, 2.05) is 24.3 Å². The Morgan fingerprint density at radius 2 is 1.71 bits per heavy atom. The summed E-state index contributed by atoms with van der Waals surface area (Å²) >= 11 is 0. The molecule has 0 spiro atoms. The number of carboxylic acids is 1. The molecule has 0 saturated carbocycles. The van der Waals surface area contributed by atoms with Crippen LogP contribution in [0.2, 0.25) is 0 Å². The average molecular weight is 384 g/mol. The number of methoxy groups -OCH3 is 2. The van der Waals surface area contributed by atoms with Gasteiger partial charge in [0.15, 0.2) is 0 Å². The monoisotopic (exact) mass is 384 g/mol. The van der Waals surface area contributed by atoms with Crippen LogP contribution in [-0.4, -0.2) is 36.9 Å². The molecule has 3 rings (SSSR count). The zero-order chi connectivity index (χ0) is 20.6. The number of fused-ring (bicyclic) bond motifs is 1. The Morgan fingerprint density at radius 3 is 2.32 bits per heavy atom. The predicted octanol–water partition coefficient (Wildman–Crippen LogP) is 3.03. The number of Topliss-reactive ketones (excluding diaryl/α,β-unsaturated/α-hetero) is 2. The second kappa shape index (κ2) is 7.62. The number of rotatable bonds is 5. The normalized spacial score (nSPS) is 23.4. The zero-order valence-electron chi connectivity index (χ0n) is 16.4. The molecule has 3 atom stereocenters. The van der Waals surface area contributed by atoms with Crippen molar-refractivity contribution in [2.24, 2.45) is 11.8 Å². The molecule has 0 radical (unpaired) electrons. The van der Waals surface area contributed by atoms with Gasteiger partial charge in [-0.1, -0.05) is 31.2 Å². The molecule has 0 saturated heterocycles. The first kappa shape index (κ1) is 19.9. The SMILES string of the molecule is COC1=C(OC)C(=O)C([C@H]2c3ccccc3CC[C@@H]2[C@H](C)C(=O)O)=C(C)C1=O. The van der Waals surface area contributed by atoms with Crippen LogP contribution in [0.3, 0.4) is 0 Å². The number of hydrogen-bond donors (Lipinski definition) is 1. The molecule has 0 heterocycles. The molecule has 1 aromatic carbocycles. The molecule has 1 N–H and O–H groups in total. The standard InChI is InChI=1S/C22H24O6/c1-11(22(25)26)14-10-9-13-7-5-6-8-15(13)17(14)16-12(2)18(23)20(27-3)21(28-4)19(16)24/h5-8,11,14,17H,9-10H2,1-4H3,(H,25,26)/t11-,14+,17+/m0/s1. The van der Waals surface area contributed by atoms with Crippen LogP contribution in [-0.2, 0) is 30.3 Å². The van der Waals surface area contributed by atoms with E-state index in [0.717, 1.165) is 17.5 Å². The average Bonchev–Trinajstić information content (AvgIpc) is 2.69. The first-order valence-electron chi connectivity index (χ1n) is 9.26. The number of aliphatic carboxylic acids is 1. The van der Waals surface area contributed by atoms with Crippen molar-refractivity contribution in [2.45, 2.75) is 32.6 Å². The van der Waals surface area contributed by atoms with E-state index < -0.39 is 29.4 Å². The maximum Gasteiger partial charge on any atom is 0.306 e. The van der Waals surface area contributed by atoms with Crippen molar-refractivity contribution in [1.29, 1.82) is 0 Å². The number of ether oxygens (including phenoxy) is 2. The van der Waals surface area contributed by atoms with Gasteiger partial charge in [0.05, 0.1) is 20.1 Å². The van der Waals surface area contributed by atoms with Gasteiger partial charge in [0.25, 0.3) is 0 Å². The van der Waals surface area contributed by atoms with Gasteiger partial charge >= 0.3 is 5.97 Å². The second-order valence-electron chi connectivity index (χ2n) is 7.27. The van der Waals surface area contributed by atoms with Crippen LogP contribution >= 0.6 is 0 Å². The highest BCUT2D eigenvalue weighted by Gasteiger charge is 2.45. The highest BCUT2D eigenvalue weighted by Crippen LogP contribution is 2.47. The molecule has 28 heavy (non-hydrogen) atoms. The summed E-state index contributed by atoms with van der Waals surface area (Å²) < 4.78 is 10.3. The summed E-state index contributed by atoms with van der Waals surface area (Å²) in [7, 11) is 2.65. The topological polar surface area (TPSA) is 89.9 Å². The summed E-state index contributed by atoms with van der Waals surface area (Å²) in [5, 5.41) is 9.64. The minimum Gasteiger partial charge on any atom is -0.489 e. The van der Waals surface area contributed by atoms with E-state index in [1.165, 1.54) is 14.2 Å². The lowest BCUT2D eigenvalue weighted by atomic mass is 9.64. The zero-order valence-corrected chi connectivity index (χ0v) is 16.4. The summed E-state index contributed by atoms with van der Waals surface area (Å²) in [5.41, 5.74) is 2.57. The van der Waals surface area contributed by atoms with Gasteiger partial charge in [-0.15, -0.1) is 0 Å². The first-order valence-corrected chi connectivity index (χ1v) is 9.26. The van der Waals surface area contributed by atoms with Gasteiger partial charge in [-0.05, 0) is 36.8 Å². The lowest BCUT2D eigenvalue weighted by Crippen LogP contribution is -2.36. The number of carboxylic acid groups (broad SMARTS) is 1. The lowest BCUT2D eigenvalue weighted by molar-refractivity contribution is -0.143. The molecular weight excluding hydrogens is 360 g/mol. The van der Waals surface area contributed by atoms with Gasteiger partial charge in [0.1, 0.15) is 0 Å². The quantitative estimate of drug-likeness (QED) is 0.785. The van der Waals surface area contributed by atoms with Gasteiger partial charge in [-0.3, -0.25) is 14.4 Å². The third-order valence-electron chi connectivity index (χ3n) is 5.92. The minimum absolute atomic E-state index is 0.110. The Bertz CT molecular complexity index is 907. The van der Waals surface area contributed by atoms with E-state index in [-0.39, 0.29) is 23.0 Å². The van der Waals surface area contributed by atoms with Crippen molar-refractivity contribution in [3.8, 4) is 0 Å². The molecule has 0 fully saturated rings. The number of benzene rings is 1. The van der Waals surface area contributed by atoms with Crippen LogP contribution in [0.25, 0.3) is 0 Å². The van der Waals surface area contributed by atoms with Crippen LogP contribution in [0.5, 0.6) is 0 Å². The van der Waals surface area contributed by atoms with Gasteiger partial charge in [0.2, 0.25) is 23.1 Å². The number of aryl methyl sites for hydroxylation is 1. The molecule has 0 bridgehead atoms. The third kappa shape index (κ3) is 3.03. The number of carbonyl (C=O) groups excluding carboxylic acids is 2. The van der Waals surface area contributed by atoms with E-state index in [2.05, 4.69) is 0 Å². The minimum atomic E-state index is -0.915. The third-order valence-corrected chi connectivity index (χ3v) is 5.92. The molecule has 1 aromatic rings. The molecule has 148 valence electrons. The summed E-state index contributed by atoms with van der Waals surface area (Å²) in [6.45, 7) is 3.26. The smallest absolute Gasteiger partial charge is 0.306 e. The Balaban J connectivity index is 2.22. The fraction of sp³-hybridized carbons (Fsp3) is 0.409. The summed E-state index contributed by atoms with van der Waals surface area (Å²) in [6, 6.07) is 7.71. The van der Waals surface area contributed by atoms with E-state index in [9.17, 15) is 19.5 Å². The number of hydrogen-bond acceptors (Lipinski definition) is 5. The number of allylic oxidation sites excluding steroid dienone is 2. The summed E-state index contributed by atoms with van der Waals surface area (Å²) in [6.07, 6.45) is 1.36. The van der Waals surface area contributed by atoms with Crippen molar-refractivity contribution in [2.75, 3.05) is 14.2 Å². The Kier molecular flexibility index (Phi) is 5.40. The van der Waals surface area contributed by atoms with Gasteiger partial charge < -0.3 is 14.6 Å². The maximum absolute atomic E-state index is 13.3. The fourth-order valence-electron chi connectivity index (χ4n) is 4.41. The Morgan fingerprint density at radius 1 is 1.11 bits per heavy atom. The van der Waals surface area contributed by atoms with Crippen molar-refractivity contribution >= 4 is 17.5 Å². The van der Waals surface area contributed by atoms with Gasteiger partial charge in [0, 0.05) is 17.1 Å². The summed E-state index contributed by atoms with van der Waals surface area (Å²) in [5.74, 6) is -3.44. The molecule has 0 aromatic heterocycles. The van der Waals surface area contributed by atoms with Gasteiger partial charge in [-0.25, -0.2) is 0 Å². The highest BCUT2D eigenvalue weighted by molar-refractivity contribution is 6.24. The maximum atomic E-state index is 13.3. The van der Waals surface area contributed by atoms with Crippen LogP contribution in [0.4, 0.5) is 0 Å². The molecule has 2 aliphatic rings. The van der Waals surface area contributed by atoms with Crippen LogP contribution in [0, 0.1) is 11.8 Å². The second-order valence-corrected chi connectivity index (χ2v) is 7.27. The summed E-state index contributed by atoms with van der Waals surface area (Å²) in [4.78, 5) is 37.9. The van der Waals surface area contributed by atoms with Crippen molar-refractivity contribution < 1.29 is 29.0 Å². The predicted molar refractivity (Wildman–Crippen MR) is 102 cm³/mol. The van der Waals surface area contributed by atoms with Crippen molar-refractivity contribution in [1.82, 2.24) is 0 Å². The molecule has 0 aliphatic heterocycles. The molecule has 0 amide bonds. The number of carbonyl (C=O) groups is 3. The molecule has 6 nitrogen and oxygen atoms in total. The van der Waals surface area contributed by atoms with Crippen molar-refractivity contribution in [3.05, 3.63) is 58.1 Å². The molecule has 6 heteroatoms. The van der Waals surface area contributed by atoms with E-state index in [4.69, 9.17) is 9.47 Å². The van der Waals surface area contributed by atoms with Crippen LogP contribution in [0.1, 0.15) is 37.3 Å². The van der Waals surface area contributed by atoms with E-state index in [0.29, 0.717) is 12.0 Å².